The van der Waals surface area contributed by atoms with Crippen molar-refractivity contribution in [3.05, 3.63) is 38.9 Å². The molecule has 5 nitrogen and oxygen atoms in total. The number of hydrogen-bond acceptors (Lipinski definition) is 3. The second kappa shape index (κ2) is 5.20. The molecule has 23 heavy (non-hydrogen) atoms. The van der Waals surface area contributed by atoms with Crippen molar-refractivity contribution in [2.75, 3.05) is 0 Å². The van der Waals surface area contributed by atoms with Crippen molar-refractivity contribution in [1.82, 2.24) is 5.32 Å². The molecule has 0 aromatic heterocycles. The normalized spacial score (nSPS) is 34.4. The van der Waals surface area contributed by atoms with E-state index in [1.165, 1.54) is 37.5 Å². The minimum atomic E-state index is -0.507. The number of rotatable bonds is 3. The summed E-state index contributed by atoms with van der Waals surface area (Å²) in [6.45, 7) is 0. The van der Waals surface area contributed by atoms with Gasteiger partial charge in [0.1, 0.15) is 0 Å². The van der Waals surface area contributed by atoms with Crippen molar-refractivity contribution in [2.24, 2.45) is 17.8 Å². The van der Waals surface area contributed by atoms with Crippen LogP contribution in [-0.4, -0.2) is 16.4 Å². The van der Waals surface area contributed by atoms with E-state index in [0.29, 0.717) is 5.56 Å². The fraction of sp³-hybridized carbons (Fsp3) is 0.588. The molecule has 1 N–H and O–H groups in total. The number of nitro benzene ring substituents is 1. The molecule has 0 heterocycles. The Morgan fingerprint density at radius 3 is 2.22 bits per heavy atom. The van der Waals surface area contributed by atoms with E-state index < -0.39 is 4.92 Å². The number of nitrogens with one attached hydrogen (secondary N) is 1. The molecule has 0 saturated heterocycles. The number of nitrogens with zero attached hydrogens (tertiary/aromatic N) is 1. The highest BCUT2D eigenvalue weighted by atomic mass is 35.5. The Bertz CT molecular complexity index is 653. The van der Waals surface area contributed by atoms with E-state index in [0.717, 1.165) is 37.0 Å². The summed E-state index contributed by atoms with van der Waals surface area (Å²) >= 11 is 6.09. The first-order chi connectivity index (χ1) is 10.9. The fourth-order valence-electron chi connectivity index (χ4n) is 5.37. The Morgan fingerprint density at radius 2 is 1.74 bits per heavy atom. The molecular formula is C17H19ClN2O3. The summed E-state index contributed by atoms with van der Waals surface area (Å²) in [5, 5.41) is 14.2. The van der Waals surface area contributed by atoms with E-state index in [-0.39, 0.29) is 22.2 Å². The van der Waals surface area contributed by atoms with Crippen molar-refractivity contribution in [2.45, 2.75) is 44.1 Å². The van der Waals surface area contributed by atoms with Crippen LogP contribution in [0, 0.1) is 27.9 Å². The van der Waals surface area contributed by atoms with Gasteiger partial charge in [-0.1, -0.05) is 11.6 Å². The Hall–Kier alpha value is -1.62. The maximum absolute atomic E-state index is 12.7. The highest BCUT2D eigenvalue weighted by Gasteiger charge is 2.51. The first-order valence-corrected chi connectivity index (χ1v) is 8.58. The van der Waals surface area contributed by atoms with Crippen molar-refractivity contribution in [3.63, 3.8) is 0 Å². The van der Waals surface area contributed by atoms with Crippen LogP contribution in [0.4, 0.5) is 5.69 Å². The number of benzene rings is 1. The quantitative estimate of drug-likeness (QED) is 0.672. The van der Waals surface area contributed by atoms with Gasteiger partial charge in [-0.15, -0.1) is 0 Å². The number of non-ortho nitro benzene ring substituents is 1. The van der Waals surface area contributed by atoms with Crippen LogP contribution in [0.15, 0.2) is 18.2 Å². The van der Waals surface area contributed by atoms with E-state index in [2.05, 4.69) is 5.32 Å². The Kier molecular flexibility index (Phi) is 3.38. The second-order valence-electron chi connectivity index (χ2n) is 7.57. The predicted molar refractivity (Wildman–Crippen MR) is 86.5 cm³/mol. The third-order valence-corrected chi connectivity index (χ3v) is 6.14. The molecule has 1 aromatic rings. The number of carbonyl (C=O) groups excluding carboxylic acids is 1. The van der Waals surface area contributed by atoms with Crippen LogP contribution < -0.4 is 5.32 Å². The predicted octanol–water partition coefficient (Wildman–Crippen LogP) is 3.95. The molecule has 4 aliphatic rings. The van der Waals surface area contributed by atoms with Crippen molar-refractivity contribution in [1.29, 1.82) is 0 Å². The Balaban J connectivity index is 1.55. The molecule has 0 spiro atoms. The lowest BCUT2D eigenvalue weighted by molar-refractivity contribution is -0.384. The molecule has 0 radical (unpaired) electrons. The van der Waals surface area contributed by atoms with Gasteiger partial charge >= 0.3 is 0 Å². The van der Waals surface area contributed by atoms with Crippen LogP contribution in [0.2, 0.25) is 5.02 Å². The zero-order valence-electron chi connectivity index (χ0n) is 12.8. The molecule has 122 valence electrons. The van der Waals surface area contributed by atoms with E-state index in [4.69, 9.17) is 11.6 Å². The number of halogens is 1. The van der Waals surface area contributed by atoms with Crippen LogP contribution >= 0.6 is 11.6 Å². The molecule has 0 aliphatic heterocycles. The summed E-state index contributed by atoms with van der Waals surface area (Å²) in [7, 11) is 0. The molecule has 0 atom stereocenters. The van der Waals surface area contributed by atoms with E-state index in [1.54, 1.807) is 0 Å². The number of amides is 1. The third kappa shape index (κ3) is 2.61. The molecular weight excluding hydrogens is 316 g/mol. The molecule has 1 aromatic carbocycles. The smallest absolute Gasteiger partial charge is 0.270 e. The number of nitro groups is 1. The molecule has 4 aliphatic carbocycles. The zero-order chi connectivity index (χ0) is 16.2. The average molecular weight is 335 g/mol. The van der Waals surface area contributed by atoms with Gasteiger partial charge in [-0.2, -0.15) is 0 Å². The van der Waals surface area contributed by atoms with Crippen LogP contribution in [0.5, 0.6) is 0 Å². The van der Waals surface area contributed by atoms with E-state index in [1.807, 2.05) is 0 Å². The highest BCUT2D eigenvalue weighted by Crippen LogP contribution is 2.55. The lowest BCUT2D eigenvalue weighted by atomic mass is 9.53. The van der Waals surface area contributed by atoms with Gasteiger partial charge in [0.05, 0.1) is 15.5 Å². The fourth-order valence-corrected chi connectivity index (χ4v) is 5.63. The van der Waals surface area contributed by atoms with Gasteiger partial charge in [0.25, 0.3) is 11.6 Å². The molecule has 5 rings (SSSR count). The van der Waals surface area contributed by atoms with Gasteiger partial charge in [0.15, 0.2) is 0 Å². The summed E-state index contributed by atoms with van der Waals surface area (Å²) in [6.07, 6.45) is 7.13. The maximum atomic E-state index is 12.7. The van der Waals surface area contributed by atoms with Gasteiger partial charge in [0.2, 0.25) is 0 Å². The summed E-state index contributed by atoms with van der Waals surface area (Å²) in [4.78, 5) is 22.9. The van der Waals surface area contributed by atoms with E-state index in [9.17, 15) is 14.9 Å². The van der Waals surface area contributed by atoms with Crippen molar-refractivity contribution >= 4 is 23.2 Å². The maximum Gasteiger partial charge on any atom is 0.270 e. The highest BCUT2D eigenvalue weighted by molar-refractivity contribution is 6.34. The topological polar surface area (TPSA) is 72.2 Å². The van der Waals surface area contributed by atoms with Gasteiger partial charge in [-0.05, 0) is 62.3 Å². The van der Waals surface area contributed by atoms with Crippen molar-refractivity contribution < 1.29 is 9.72 Å². The lowest BCUT2D eigenvalue weighted by Crippen LogP contribution is -2.59. The minimum Gasteiger partial charge on any atom is -0.347 e. The number of carbonyl (C=O) groups is 1. The molecule has 6 heteroatoms. The lowest BCUT2D eigenvalue weighted by Gasteiger charge is -2.56. The summed E-state index contributed by atoms with van der Waals surface area (Å²) < 4.78 is 0. The Morgan fingerprint density at radius 1 is 1.17 bits per heavy atom. The summed E-state index contributed by atoms with van der Waals surface area (Å²) in [6, 6.07) is 4.03. The van der Waals surface area contributed by atoms with Gasteiger partial charge in [0, 0.05) is 17.7 Å². The SMILES string of the molecule is O=C(NC12CC3CC(CC(C3)C1)C2)c1ccc([N+](=O)[O-])cc1Cl. The van der Waals surface area contributed by atoms with Gasteiger partial charge in [-0.25, -0.2) is 0 Å². The monoisotopic (exact) mass is 334 g/mol. The Labute approximate surface area is 139 Å². The summed E-state index contributed by atoms with van der Waals surface area (Å²) in [5.74, 6) is 2.03. The molecule has 1 amide bonds. The second-order valence-corrected chi connectivity index (χ2v) is 7.98. The van der Waals surface area contributed by atoms with E-state index >= 15 is 0 Å². The summed E-state index contributed by atoms with van der Waals surface area (Å²) in [5.41, 5.74) is 0.145. The molecule has 4 saturated carbocycles. The zero-order valence-corrected chi connectivity index (χ0v) is 13.5. The standard InChI is InChI=1S/C17H19ClN2O3/c18-15-6-13(20(22)23)1-2-14(15)16(21)19-17-7-10-3-11(8-17)5-12(4-10)9-17/h1-2,6,10-12H,3-5,7-9H2,(H,19,21). The number of hydrogen-bond donors (Lipinski definition) is 1. The first kappa shape index (κ1) is 14.9. The molecule has 4 fully saturated rings. The largest absolute Gasteiger partial charge is 0.347 e. The van der Waals surface area contributed by atoms with Crippen LogP contribution in [0.1, 0.15) is 48.9 Å². The molecule has 4 bridgehead atoms. The van der Waals surface area contributed by atoms with Crippen LogP contribution in [0.3, 0.4) is 0 Å². The minimum absolute atomic E-state index is 0.0864. The van der Waals surface area contributed by atoms with Crippen LogP contribution in [-0.2, 0) is 0 Å². The van der Waals surface area contributed by atoms with Gasteiger partial charge < -0.3 is 5.32 Å². The average Bonchev–Trinajstić information content (AvgIpc) is 2.44. The van der Waals surface area contributed by atoms with Crippen LogP contribution in [0.25, 0.3) is 0 Å². The third-order valence-electron chi connectivity index (χ3n) is 5.83. The first-order valence-electron chi connectivity index (χ1n) is 8.20. The molecule has 0 unspecified atom stereocenters. The van der Waals surface area contributed by atoms with Crippen molar-refractivity contribution in [3.8, 4) is 0 Å². The van der Waals surface area contributed by atoms with Gasteiger partial charge in [-0.3, -0.25) is 14.9 Å².